The Balaban J connectivity index is 1.72. The average molecular weight is 317 g/mol. The van der Waals surface area contributed by atoms with Crippen molar-refractivity contribution in [1.29, 1.82) is 0 Å². The summed E-state index contributed by atoms with van der Waals surface area (Å²) >= 11 is 0. The van der Waals surface area contributed by atoms with Crippen molar-refractivity contribution in [3.63, 3.8) is 0 Å². The van der Waals surface area contributed by atoms with Crippen molar-refractivity contribution in [3.05, 3.63) is 47.5 Å². The molecule has 23 heavy (non-hydrogen) atoms. The maximum Gasteiger partial charge on any atom is 0.249 e. The zero-order chi connectivity index (χ0) is 16.4. The molecule has 1 saturated heterocycles. The van der Waals surface area contributed by atoms with Crippen molar-refractivity contribution in [2.24, 2.45) is 0 Å². The van der Waals surface area contributed by atoms with Crippen LogP contribution in [0.15, 0.2) is 30.6 Å². The first-order valence-corrected chi connectivity index (χ1v) is 7.77. The minimum absolute atomic E-state index is 0.137. The fourth-order valence-corrected chi connectivity index (χ4v) is 2.70. The Morgan fingerprint density at radius 1 is 1.52 bits per heavy atom. The van der Waals surface area contributed by atoms with Gasteiger partial charge >= 0.3 is 0 Å². The lowest BCUT2D eigenvalue weighted by molar-refractivity contribution is -0.130. The van der Waals surface area contributed by atoms with Gasteiger partial charge in [0.2, 0.25) is 5.91 Å². The minimum Gasteiger partial charge on any atom is -0.368 e. The summed E-state index contributed by atoms with van der Waals surface area (Å²) in [6.45, 7) is 4.36. The number of nitrogens with zero attached hydrogens (tertiary/aromatic N) is 2. The van der Waals surface area contributed by atoms with Crippen LogP contribution >= 0.6 is 0 Å². The highest BCUT2D eigenvalue weighted by Crippen LogP contribution is 2.20. The van der Waals surface area contributed by atoms with Gasteiger partial charge in [-0.15, -0.1) is 0 Å². The second-order valence-corrected chi connectivity index (χ2v) is 5.91. The van der Waals surface area contributed by atoms with Crippen LogP contribution in [0.1, 0.15) is 36.9 Å². The molecule has 1 N–H and O–H groups in total. The van der Waals surface area contributed by atoms with Gasteiger partial charge in [0.15, 0.2) is 0 Å². The predicted octanol–water partition coefficient (Wildman–Crippen LogP) is 2.68. The first-order chi connectivity index (χ1) is 11.0. The zero-order valence-electron chi connectivity index (χ0n) is 13.3. The molecule has 5 nitrogen and oxygen atoms in total. The molecule has 1 aliphatic heterocycles. The van der Waals surface area contributed by atoms with Crippen LogP contribution in [0.4, 0.5) is 4.39 Å². The molecule has 2 atom stereocenters. The Morgan fingerprint density at radius 2 is 2.35 bits per heavy atom. The molecule has 3 rings (SSSR count). The van der Waals surface area contributed by atoms with E-state index in [1.165, 1.54) is 10.7 Å². The molecule has 0 aliphatic carbocycles. The van der Waals surface area contributed by atoms with Crippen molar-refractivity contribution in [2.75, 3.05) is 6.61 Å². The maximum atomic E-state index is 14.3. The van der Waals surface area contributed by atoms with Crippen LogP contribution in [0, 0.1) is 12.7 Å². The Labute approximate surface area is 134 Å². The van der Waals surface area contributed by atoms with E-state index in [-0.39, 0.29) is 23.9 Å². The van der Waals surface area contributed by atoms with Crippen molar-refractivity contribution in [1.82, 2.24) is 15.1 Å². The maximum absolute atomic E-state index is 14.3. The van der Waals surface area contributed by atoms with Gasteiger partial charge in [0.1, 0.15) is 17.6 Å². The Kier molecular flexibility index (Phi) is 4.43. The molecule has 0 spiro atoms. The number of ether oxygens (including phenoxy) is 1. The summed E-state index contributed by atoms with van der Waals surface area (Å²) in [6.07, 6.45) is 4.70. The second-order valence-electron chi connectivity index (χ2n) is 5.91. The fraction of sp³-hybridized carbons (Fsp3) is 0.412. The van der Waals surface area contributed by atoms with Gasteiger partial charge in [-0.2, -0.15) is 5.10 Å². The Hall–Kier alpha value is -2.21. The molecule has 0 radical (unpaired) electrons. The number of carbonyl (C=O) groups is 1. The lowest BCUT2D eigenvalue weighted by atomic mass is 10.1. The van der Waals surface area contributed by atoms with Gasteiger partial charge in [0, 0.05) is 12.8 Å². The van der Waals surface area contributed by atoms with Crippen LogP contribution in [0.5, 0.6) is 0 Å². The second kappa shape index (κ2) is 6.50. The molecule has 1 aromatic heterocycles. The summed E-state index contributed by atoms with van der Waals surface area (Å²) in [5.41, 5.74) is 2.06. The fourth-order valence-electron chi connectivity index (χ4n) is 2.70. The van der Waals surface area contributed by atoms with E-state index in [0.717, 1.165) is 18.4 Å². The number of halogens is 1. The van der Waals surface area contributed by atoms with Gasteiger partial charge < -0.3 is 10.1 Å². The average Bonchev–Trinajstić information content (AvgIpc) is 3.18. The molecule has 0 bridgehead atoms. The number of aromatic nitrogens is 2. The molecule has 0 saturated carbocycles. The standard InChI is InChI=1S/C17H20FN3O2/c1-11-9-19-21(10-11)15-6-5-13(8-14(15)18)12(2)20-17(22)16-4-3-7-23-16/h5-6,8-10,12,16H,3-4,7H2,1-2H3,(H,20,22)/t12-,16+/m1/s1. The van der Waals surface area contributed by atoms with Crippen LogP contribution in [0.2, 0.25) is 0 Å². The van der Waals surface area contributed by atoms with E-state index in [4.69, 9.17) is 4.74 Å². The third-order valence-corrected chi connectivity index (χ3v) is 4.01. The van der Waals surface area contributed by atoms with Gasteiger partial charge in [-0.3, -0.25) is 4.79 Å². The van der Waals surface area contributed by atoms with Gasteiger partial charge in [-0.25, -0.2) is 9.07 Å². The predicted molar refractivity (Wildman–Crippen MR) is 83.8 cm³/mol. The lowest BCUT2D eigenvalue weighted by Gasteiger charge is -2.18. The summed E-state index contributed by atoms with van der Waals surface area (Å²) in [6, 6.07) is 4.63. The van der Waals surface area contributed by atoms with E-state index in [2.05, 4.69) is 10.4 Å². The molecule has 2 heterocycles. The van der Waals surface area contributed by atoms with Gasteiger partial charge in [-0.1, -0.05) is 6.07 Å². The SMILES string of the molecule is Cc1cnn(-c2ccc([C@@H](C)NC(=O)[C@@H]3CCCO3)cc2F)c1. The first-order valence-electron chi connectivity index (χ1n) is 7.77. The number of benzene rings is 1. The number of rotatable bonds is 4. The van der Waals surface area contributed by atoms with Crippen LogP contribution < -0.4 is 5.32 Å². The number of hydrogen-bond donors (Lipinski definition) is 1. The van der Waals surface area contributed by atoms with E-state index < -0.39 is 0 Å². The number of hydrogen-bond acceptors (Lipinski definition) is 3. The highest BCUT2D eigenvalue weighted by atomic mass is 19.1. The van der Waals surface area contributed by atoms with E-state index >= 15 is 0 Å². The molecule has 0 unspecified atom stereocenters. The summed E-state index contributed by atoms with van der Waals surface area (Å²) in [5, 5.41) is 6.99. The van der Waals surface area contributed by atoms with Crippen LogP contribution in [-0.4, -0.2) is 28.4 Å². The molecule has 1 fully saturated rings. The normalized spacial score (nSPS) is 18.8. The molecule has 1 aromatic carbocycles. The molecule has 1 amide bonds. The molecule has 6 heteroatoms. The van der Waals surface area contributed by atoms with E-state index in [1.807, 2.05) is 13.8 Å². The smallest absolute Gasteiger partial charge is 0.249 e. The topological polar surface area (TPSA) is 56.2 Å². The number of aryl methyl sites for hydroxylation is 1. The summed E-state index contributed by atoms with van der Waals surface area (Å²) in [7, 11) is 0. The van der Waals surface area contributed by atoms with E-state index in [1.54, 1.807) is 24.5 Å². The molecular formula is C17H20FN3O2. The third-order valence-electron chi connectivity index (χ3n) is 4.01. The van der Waals surface area contributed by atoms with Gasteiger partial charge in [-0.05, 0) is 49.9 Å². The van der Waals surface area contributed by atoms with Crippen LogP contribution in [-0.2, 0) is 9.53 Å². The monoisotopic (exact) mass is 317 g/mol. The minimum atomic E-state index is -0.381. The number of nitrogens with one attached hydrogen (secondary N) is 1. The largest absolute Gasteiger partial charge is 0.368 e. The van der Waals surface area contributed by atoms with Gasteiger partial charge in [0.05, 0.1) is 12.2 Å². The summed E-state index contributed by atoms with van der Waals surface area (Å²) < 4.78 is 21.2. The zero-order valence-corrected chi connectivity index (χ0v) is 13.3. The first kappa shape index (κ1) is 15.7. The number of carbonyl (C=O) groups excluding carboxylic acids is 1. The highest BCUT2D eigenvalue weighted by Gasteiger charge is 2.25. The summed E-state index contributed by atoms with van der Waals surface area (Å²) in [5.74, 6) is -0.508. The van der Waals surface area contributed by atoms with Crippen LogP contribution in [0.3, 0.4) is 0 Å². The van der Waals surface area contributed by atoms with E-state index in [9.17, 15) is 9.18 Å². The Morgan fingerprint density at radius 3 is 2.96 bits per heavy atom. The molecule has 122 valence electrons. The molecule has 2 aromatic rings. The Bertz CT molecular complexity index is 708. The van der Waals surface area contributed by atoms with Crippen molar-refractivity contribution in [2.45, 2.75) is 38.8 Å². The molecular weight excluding hydrogens is 297 g/mol. The van der Waals surface area contributed by atoms with Crippen molar-refractivity contribution in [3.8, 4) is 5.69 Å². The highest BCUT2D eigenvalue weighted by molar-refractivity contribution is 5.81. The van der Waals surface area contributed by atoms with E-state index in [0.29, 0.717) is 17.9 Å². The summed E-state index contributed by atoms with van der Waals surface area (Å²) in [4.78, 5) is 12.1. The number of amides is 1. The quantitative estimate of drug-likeness (QED) is 0.943. The van der Waals surface area contributed by atoms with Crippen LogP contribution in [0.25, 0.3) is 5.69 Å². The van der Waals surface area contributed by atoms with Crippen molar-refractivity contribution < 1.29 is 13.9 Å². The third kappa shape index (κ3) is 3.42. The molecule has 1 aliphatic rings. The van der Waals surface area contributed by atoms with Gasteiger partial charge in [0.25, 0.3) is 0 Å². The lowest BCUT2D eigenvalue weighted by Crippen LogP contribution is -2.35. The van der Waals surface area contributed by atoms with Crippen molar-refractivity contribution >= 4 is 5.91 Å².